The van der Waals surface area contributed by atoms with Crippen molar-refractivity contribution in [1.29, 1.82) is 0 Å². The summed E-state index contributed by atoms with van der Waals surface area (Å²) in [7, 11) is 0. The minimum Gasteiger partial charge on any atom is -0.632 e. The molecule has 0 amide bonds. The standard InChI is InChI=1S/C18H25NO6/c1-10-11(2)16(20)25-14-6-8-19(23)7-5-13(15(14)19)9-24-17(21)18(4,22)12(10)3/h5,10,12,14-15,22H,2,6-9H2,1,3-4H3/t10-,12+,14+,15+,18+,19?/m0/s1. The molecule has 0 saturated carbocycles. The maximum absolute atomic E-state index is 12.9. The Kier molecular flexibility index (Phi) is 4.29. The summed E-state index contributed by atoms with van der Waals surface area (Å²) in [5.74, 6) is -2.42. The van der Waals surface area contributed by atoms with E-state index in [4.69, 9.17) is 9.47 Å². The molecule has 138 valence electrons. The summed E-state index contributed by atoms with van der Waals surface area (Å²) in [5.41, 5.74) is -0.943. The van der Waals surface area contributed by atoms with Crippen molar-refractivity contribution in [3.63, 3.8) is 0 Å². The van der Waals surface area contributed by atoms with Gasteiger partial charge in [0.15, 0.2) is 17.7 Å². The zero-order valence-corrected chi connectivity index (χ0v) is 14.9. The van der Waals surface area contributed by atoms with Gasteiger partial charge in [-0.1, -0.05) is 20.4 Å². The number of carbonyl (C=O) groups is 2. The van der Waals surface area contributed by atoms with Gasteiger partial charge in [-0.25, -0.2) is 9.59 Å². The quantitative estimate of drug-likeness (QED) is 0.230. The second-order valence-corrected chi connectivity index (χ2v) is 7.64. The van der Waals surface area contributed by atoms with Gasteiger partial charge in [0.2, 0.25) is 0 Å². The highest BCUT2D eigenvalue weighted by Crippen LogP contribution is 2.39. The molecule has 0 radical (unpaired) electrons. The number of rotatable bonds is 0. The third kappa shape index (κ3) is 2.80. The lowest BCUT2D eigenvalue weighted by Gasteiger charge is -2.41. The fraction of sp³-hybridized carbons (Fsp3) is 0.667. The smallest absolute Gasteiger partial charge is 0.338 e. The van der Waals surface area contributed by atoms with Crippen molar-refractivity contribution in [2.45, 2.75) is 44.9 Å². The summed E-state index contributed by atoms with van der Waals surface area (Å²) in [6.07, 6.45) is 1.68. The van der Waals surface area contributed by atoms with Gasteiger partial charge in [0.1, 0.15) is 6.61 Å². The minimum atomic E-state index is -1.78. The molecule has 0 aliphatic carbocycles. The van der Waals surface area contributed by atoms with Crippen molar-refractivity contribution in [2.75, 3.05) is 19.7 Å². The lowest BCUT2D eigenvalue weighted by Crippen LogP contribution is -2.50. The van der Waals surface area contributed by atoms with E-state index in [2.05, 4.69) is 6.58 Å². The van der Waals surface area contributed by atoms with Crippen LogP contribution in [0.15, 0.2) is 23.8 Å². The maximum atomic E-state index is 12.9. The van der Waals surface area contributed by atoms with Crippen LogP contribution >= 0.6 is 0 Å². The van der Waals surface area contributed by atoms with Gasteiger partial charge in [-0.05, 0) is 18.9 Å². The molecule has 7 heteroatoms. The minimum absolute atomic E-state index is 0.0714. The highest BCUT2D eigenvalue weighted by molar-refractivity contribution is 5.89. The summed E-state index contributed by atoms with van der Waals surface area (Å²) in [6, 6.07) is -0.554. The molecule has 7 nitrogen and oxygen atoms in total. The Morgan fingerprint density at radius 3 is 2.76 bits per heavy atom. The Bertz CT molecular complexity index is 654. The first-order valence-corrected chi connectivity index (χ1v) is 8.64. The van der Waals surface area contributed by atoms with E-state index >= 15 is 0 Å². The van der Waals surface area contributed by atoms with Crippen LogP contribution in [-0.2, 0) is 19.1 Å². The molecule has 6 atom stereocenters. The van der Waals surface area contributed by atoms with Crippen LogP contribution in [0.3, 0.4) is 0 Å². The number of cyclic esters (lactones) is 1. The van der Waals surface area contributed by atoms with Gasteiger partial charge in [-0.2, -0.15) is 0 Å². The topological polar surface area (TPSA) is 95.9 Å². The molecule has 1 N–H and O–H groups in total. The summed E-state index contributed by atoms with van der Waals surface area (Å²) in [6.45, 7) is 9.11. The number of nitrogens with zero attached hydrogens (tertiary/aromatic N) is 1. The molecule has 0 bridgehead atoms. The Morgan fingerprint density at radius 1 is 1.40 bits per heavy atom. The van der Waals surface area contributed by atoms with Crippen molar-refractivity contribution < 1.29 is 28.8 Å². The molecule has 1 unspecified atom stereocenters. The number of quaternary nitrogens is 1. The number of esters is 2. The van der Waals surface area contributed by atoms with Crippen LogP contribution in [0.4, 0.5) is 0 Å². The van der Waals surface area contributed by atoms with E-state index in [1.807, 2.05) is 0 Å². The molecule has 3 aliphatic heterocycles. The van der Waals surface area contributed by atoms with E-state index in [9.17, 15) is 19.9 Å². The predicted molar refractivity (Wildman–Crippen MR) is 88.8 cm³/mol. The Balaban J connectivity index is 1.95. The van der Waals surface area contributed by atoms with Gasteiger partial charge in [0.25, 0.3) is 0 Å². The van der Waals surface area contributed by atoms with E-state index in [-0.39, 0.29) is 18.7 Å². The Labute approximate surface area is 147 Å². The van der Waals surface area contributed by atoms with Gasteiger partial charge in [-0.3, -0.25) is 0 Å². The number of carbonyl (C=O) groups excluding carboxylic acids is 2. The summed E-state index contributed by atoms with van der Waals surface area (Å²) < 4.78 is 10.4. The van der Waals surface area contributed by atoms with E-state index in [1.165, 1.54) is 6.92 Å². The molecule has 0 aromatic heterocycles. The van der Waals surface area contributed by atoms with Crippen molar-refractivity contribution in [2.24, 2.45) is 11.8 Å². The zero-order valence-electron chi connectivity index (χ0n) is 14.9. The molecule has 2 saturated heterocycles. The lowest BCUT2D eigenvalue weighted by molar-refractivity contribution is -0.877. The van der Waals surface area contributed by atoms with Crippen LogP contribution in [-0.4, -0.2) is 59.1 Å². The molecule has 25 heavy (non-hydrogen) atoms. The predicted octanol–water partition coefficient (Wildman–Crippen LogP) is 1.06. The van der Waals surface area contributed by atoms with Crippen molar-refractivity contribution in [3.05, 3.63) is 29.0 Å². The SMILES string of the molecule is C=C1C(=O)O[C@@H]2CC[N+]3([O-])CC=C(COC(=O)[C@](C)(O)[C@H](C)[C@H]1C)[C@H]23. The van der Waals surface area contributed by atoms with Crippen LogP contribution in [0.5, 0.6) is 0 Å². The zero-order chi connectivity index (χ0) is 18.6. The molecule has 0 aromatic rings. The number of ether oxygens (including phenoxy) is 2. The first kappa shape index (κ1) is 18.1. The van der Waals surface area contributed by atoms with Gasteiger partial charge in [0, 0.05) is 23.5 Å². The van der Waals surface area contributed by atoms with Crippen LogP contribution in [0, 0.1) is 17.0 Å². The maximum Gasteiger partial charge on any atom is 0.338 e. The molecular formula is C18H25NO6. The Morgan fingerprint density at radius 2 is 2.08 bits per heavy atom. The monoisotopic (exact) mass is 351 g/mol. The molecule has 2 fully saturated rings. The normalized spacial score (nSPS) is 45.0. The lowest BCUT2D eigenvalue weighted by atomic mass is 9.78. The summed E-state index contributed by atoms with van der Waals surface area (Å²) >= 11 is 0. The number of hydrogen-bond acceptors (Lipinski definition) is 6. The second-order valence-electron chi connectivity index (χ2n) is 7.64. The van der Waals surface area contributed by atoms with E-state index in [0.717, 1.165) is 0 Å². The van der Waals surface area contributed by atoms with E-state index < -0.39 is 46.2 Å². The highest BCUT2D eigenvalue weighted by Gasteiger charge is 2.51. The average molecular weight is 351 g/mol. The molecular weight excluding hydrogens is 326 g/mol. The first-order valence-electron chi connectivity index (χ1n) is 8.64. The van der Waals surface area contributed by atoms with Crippen LogP contribution in [0.2, 0.25) is 0 Å². The largest absolute Gasteiger partial charge is 0.632 e. The van der Waals surface area contributed by atoms with Crippen LogP contribution in [0.25, 0.3) is 0 Å². The van der Waals surface area contributed by atoms with Gasteiger partial charge < -0.3 is 24.4 Å². The molecule has 0 aromatic carbocycles. The third-order valence-corrected chi connectivity index (χ3v) is 6.18. The third-order valence-electron chi connectivity index (χ3n) is 6.18. The van der Waals surface area contributed by atoms with Gasteiger partial charge in [-0.15, -0.1) is 0 Å². The molecule has 3 heterocycles. The second kappa shape index (κ2) is 5.93. The molecule has 3 rings (SSSR count). The number of aliphatic hydroxyl groups is 1. The summed E-state index contributed by atoms with van der Waals surface area (Å²) in [4.78, 5) is 24.9. The highest BCUT2D eigenvalue weighted by atomic mass is 16.6. The van der Waals surface area contributed by atoms with Crippen molar-refractivity contribution in [1.82, 2.24) is 0 Å². The van der Waals surface area contributed by atoms with E-state index in [1.54, 1.807) is 19.9 Å². The first-order chi connectivity index (χ1) is 11.6. The summed E-state index contributed by atoms with van der Waals surface area (Å²) in [5, 5.41) is 23.5. The van der Waals surface area contributed by atoms with Gasteiger partial charge >= 0.3 is 11.9 Å². The fourth-order valence-corrected chi connectivity index (χ4v) is 4.02. The van der Waals surface area contributed by atoms with Gasteiger partial charge in [0.05, 0.1) is 13.1 Å². The van der Waals surface area contributed by atoms with Crippen molar-refractivity contribution >= 4 is 11.9 Å². The molecule has 0 spiro atoms. The Hall–Kier alpha value is -1.70. The number of hydroxylamine groups is 3. The fourth-order valence-electron chi connectivity index (χ4n) is 4.02. The van der Waals surface area contributed by atoms with Crippen molar-refractivity contribution in [3.8, 4) is 0 Å². The molecule has 3 aliphatic rings. The number of hydrogen-bond donors (Lipinski definition) is 1. The van der Waals surface area contributed by atoms with Crippen LogP contribution in [0.1, 0.15) is 27.2 Å². The average Bonchev–Trinajstić information content (AvgIpc) is 3.05. The van der Waals surface area contributed by atoms with E-state index in [0.29, 0.717) is 18.5 Å². The van der Waals surface area contributed by atoms with Crippen LogP contribution < -0.4 is 0 Å².